The van der Waals surface area contributed by atoms with Crippen LogP contribution in [0.5, 0.6) is 0 Å². The number of nitrogens with zero attached hydrogens (tertiary/aromatic N) is 1. The first kappa shape index (κ1) is 13.0. The zero-order valence-electron chi connectivity index (χ0n) is 12.8. The van der Waals surface area contributed by atoms with Crippen molar-refractivity contribution in [2.24, 2.45) is 29.1 Å². The van der Waals surface area contributed by atoms with Gasteiger partial charge in [-0.3, -0.25) is 0 Å². The van der Waals surface area contributed by atoms with Crippen molar-refractivity contribution in [3.63, 3.8) is 0 Å². The van der Waals surface area contributed by atoms with Crippen LogP contribution in [0, 0.1) is 29.1 Å². The molecule has 3 fully saturated rings. The maximum absolute atomic E-state index is 2.70. The summed E-state index contributed by atoms with van der Waals surface area (Å²) in [4.78, 5) is 2.70. The lowest BCUT2D eigenvalue weighted by Gasteiger charge is -2.46. The van der Waals surface area contributed by atoms with E-state index in [1.54, 1.807) is 6.42 Å². The van der Waals surface area contributed by atoms with Gasteiger partial charge >= 0.3 is 0 Å². The van der Waals surface area contributed by atoms with Gasteiger partial charge in [0, 0.05) is 6.04 Å². The maximum atomic E-state index is 2.70. The lowest BCUT2D eigenvalue weighted by Crippen LogP contribution is -2.45. The summed E-state index contributed by atoms with van der Waals surface area (Å²) in [5, 5.41) is 0. The van der Waals surface area contributed by atoms with E-state index in [2.05, 4.69) is 32.6 Å². The highest BCUT2D eigenvalue weighted by Gasteiger charge is 2.55. The minimum Gasteiger partial charge on any atom is -0.301 e. The summed E-state index contributed by atoms with van der Waals surface area (Å²) in [5.74, 6) is 4.15. The van der Waals surface area contributed by atoms with Gasteiger partial charge in [-0.15, -0.1) is 0 Å². The summed E-state index contributed by atoms with van der Waals surface area (Å²) in [6.45, 7) is 12.5. The average Bonchev–Trinajstić information content (AvgIpc) is 2.82. The van der Waals surface area contributed by atoms with Gasteiger partial charge in [-0.1, -0.05) is 13.8 Å². The minimum atomic E-state index is 0.750. The third-order valence-corrected chi connectivity index (χ3v) is 6.76. The second kappa shape index (κ2) is 4.51. The number of rotatable bonds is 1. The Balaban J connectivity index is 1.74. The Morgan fingerprint density at radius 3 is 2.28 bits per heavy atom. The fraction of sp³-hybridized carbons (Fsp3) is 1.00. The van der Waals surface area contributed by atoms with Crippen molar-refractivity contribution in [1.29, 1.82) is 0 Å². The van der Waals surface area contributed by atoms with Crippen molar-refractivity contribution in [3.8, 4) is 0 Å². The Morgan fingerprint density at radius 1 is 1.00 bits per heavy atom. The van der Waals surface area contributed by atoms with E-state index in [-0.39, 0.29) is 0 Å². The fourth-order valence-corrected chi connectivity index (χ4v) is 5.90. The predicted octanol–water partition coefficient (Wildman–Crippen LogP) is 4.18. The van der Waals surface area contributed by atoms with Gasteiger partial charge in [-0.25, -0.2) is 0 Å². The van der Waals surface area contributed by atoms with Crippen LogP contribution in [-0.2, 0) is 0 Å². The van der Waals surface area contributed by atoms with E-state index in [0.29, 0.717) is 0 Å². The minimum absolute atomic E-state index is 0.750. The van der Waals surface area contributed by atoms with Crippen molar-refractivity contribution in [1.82, 2.24) is 4.90 Å². The summed E-state index contributed by atoms with van der Waals surface area (Å²) >= 11 is 0. The van der Waals surface area contributed by atoms with E-state index < -0.39 is 0 Å². The molecule has 4 unspecified atom stereocenters. The van der Waals surface area contributed by atoms with E-state index in [1.807, 2.05) is 0 Å². The number of likely N-dealkylation sites (tertiary alicyclic amines) is 1. The Hall–Kier alpha value is -0.0400. The van der Waals surface area contributed by atoms with Gasteiger partial charge in [0.1, 0.15) is 0 Å². The molecule has 0 bridgehead atoms. The summed E-state index contributed by atoms with van der Waals surface area (Å²) in [7, 11) is 0. The molecule has 0 aromatic rings. The molecule has 1 nitrogen and oxygen atoms in total. The van der Waals surface area contributed by atoms with Crippen molar-refractivity contribution < 1.29 is 0 Å². The first-order valence-electron chi connectivity index (χ1n) is 8.27. The Labute approximate surface area is 113 Å². The second-order valence-electron chi connectivity index (χ2n) is 7.91. The highest BCUT2D eigenvalue weighted by molar-refractivity contribution is 5.05. The van der Waals surface area contributed by atoms with Crippen LogP contribution in [0.1, 0.15) is 59.8 Å². The third-order valence-electron chi connectivity index (χ3n) is 6.76. The molecule has 104 valence electrons. The van der Waals surface area contributed by atoms with Crippen LogP contribution in [0.15, 0.2) is 0 Å². The quantitative estimate of drug-likeness (QED) is 0.674. The molecular formula is C17H31N. The normalized spacial score (nSPS) is 43.8. The van der Waals surface area contributed by atoms with Gasteiger partial charge in [0.2, 0.25) is 0 Å². The molecule has 0 radical (unpaired) electrons. The number of hydrogen-bond acceptors (Lipinski definition) is 1. The van der Waals surface area contributed by atoms with Crippen LogP contribution in [0.3, 0.4) is 0 Å². The van der Waals surface area contributed by atoms with Crippen molar-refractivity contribution in [2.45, 2.75) is 65.8 Å². The molecule has 1 heteroatoms. The molecule has 1 spiro atoms. The predicted molar refractivity (Wildman–Crippen MR) is 77.5 cm³/mol. The first-order valence-corrected chi connectivity index (χ1v) is 8.27. The fourth-order valence-electron chi connectivity index (χ4n) is 5.90. The summed E-state index contributed by atoms with van der Waals surface area (Å²) in [6.07, 6.45) is 7.57. The van der Waals surface area contributed by atoms with Gasteiger partial charge in [-0.2, -0.15) is 0 Å². The molecule has 1 aliphatic heterocycles. The molecule has 0 amide bonds. The van der Waals surface area contributed by atoms with E-state index in [4.69, 9.17) is 0 Å². The molecule has 2 aliphatic carbocycles. The summed E-state index contributed by atoms with van der Waals surface area (Å²) in [5.41, 5.74) is 0.750. The number of fused-ring (bicyclic) bond motifs is 2. The monoisotopic (exact) mass is 249 g/mol. The first-order chi connectivity index (χ1) is 8.53. The standard InChI is InChI=1S/C17H31N/c1-12(2)18-9-7-17(8-10-18)6-5-15-13(3)11-14(4)16(15)17/h12-16H,5-11H2,1-4H3. The molecule has 2 saturated carbocycles. The van der Waals surface area contributed by atoms with Crippen LogP contribution in [0.25, 0.3) is 0 Å². The van der Waals surface area contributed by atoms with Gasteiger partial charge < -0.3 is 4.90 Å². The molecule has 18 heavy (non-hydrogen) atoms. The lowest BCUT2D eigenvalue weighted by molar-refractivity contribution is 0.0331. The van der Waals surface area contributed by atoms with Crippen LogP contribution in [0.4, 0.5) is 0 Å². The molecule has 3 rings (SSSR count). The summed E-state index contributed by atoms with van der Waals surface area (Å²) in [6, 6.07) is 0.750. The van der Waals surface area contributed by atoms with Crippen LogP contribution in [0.2, 0.25) is 0 Å². The Bertz CT molecular complexity index is 301. The average molecular weight is 249 g/mol. The SMILES string of the molecule is CC1CC(C)C2C1CCC21CCN(C(C)C)CC1. The molecule has 0 aromatic carbocycles. The third kappa shape index (κ3) is 1.85. The molecular weight excluding hydrogens is 218 g/mol. The largest absolute Gasteiger partial charge is 0.301 e. The molecule has 0 N–H and O–H groups in total. The Morgan fingerprint density at radius 2 is 1.67 bits per heavy atom. The molecule has 1 heterocycles. The topological polar surface area (TPSA) is 3.24 Å². The van der Waals surface area contributed by atoms with E-state index in [9.17, 15) is 0 Å². The van der Waals surface area contributed by atoms with Crippen molar-refractivity contribution in [2.75, 3.05) is 13.1 Å². The molecule has 3 aliphatic rings. The summed E-state index contributed by atoms with van der Waals surface area (Å²) < 4.78 is 0. The van der Waals surface area contributed by atoms with Crippen LogP contribution < -0.4 is 0 Å². The molecule has 1 saturated heterocycles. The molecule has 0 aromatic heterocycles. The zero-order valence-corrected chi connectivity index (χ0v) is 12.8. The lowest BCUT2D eigenvalue weighted by atomic mass is 9.66. The van der Waals surface area contributed by atoms with E-state index >= 15 is 0 Å². The van der Waals surface area contributed by atoms with Crippen LogP contribution >= 0.6 is 0 Å². The van der Waals surface area contributed by atoms with Crippen LogP contribution in [-0.4, -0.2) is 24.0 Å². The van der Waals surface area contributed by atoms with Crippen molar-refractivity contribution in [3.05, 3.63) is 0 Å². The highest BCUT2D eigenvalue weighted by atomic mass is 15.2. The molecule has 4 atom stereocenters. The smallest absolute Gasteiger partial charge is 0.00385 e. The van der Waals surface area contributed by atoms with E-state index in [1.165, 1.54) is 38.8 Å². The van der Waals surface area contributed by atoms with E-state index in [0.717, 1.165) is 35.1 Å². The zero-order chi connectivity index (χ0) is 12.9. The number of piperidine rings is 1. The van der Waals surface area contributed by atoms with Crippen molar-refractivity contribution >= 4 is 0 Å². The van der Waals surface area contributed by atoms with Gasteiger partial charge in [0.05, 0.1) is 0 Å². The number of hydrogen-bond donors (Lipinski definition) is 0. The second-order valence-corrected chi connectivity index (χ2v) is 7.91. The highest BCUT2D eigenvalue weighted by Crippen LogP contribution is 2.62. The Kier molecular flexibility index (Phi) is 3.25. The van der Waals surface area contributed by atoms with Gasteiger partial charge in [-0.05, 0) is 88.1 Å². The maximum Gasteiger partial charge on any atom is 0.00385 e. The van der Waals surface area contributed by atoms with Gasteiger partial charge in [0.15, 0.2) is 0 Å². The van der Waals surface area contributed by atoms with Gasteiger partial charge in [0.25, 0.3) is 0 Å².